The number of halogens is 3. The van der Waals surface area contributed by atoms with Crippen molar-refractivity contribution in [2.45, 2.75) is 12.1 Å². The van der Waals surface area contributed by atoms with Crippen molar-refractivity contribution in [1.82, 2.24) is 10.3 Å². The highest BCUT2D eigenvalue weighted by Gasteiger charge is 2.42. The molecule has 0 unspecified atom stereocenters. The largest absolute Gasteiger partial charge is 0.459 e. The average molecular weight is 512 g/mol. The van der Waals surface area contributed by atoms with Crippen molar-refractivity contribution in [2.24, 2.45) is 0 Å². The number of rotatable bonds is 4. The van der Waals surface area contributed by atoms with Gasteiger partial charge in [-0.15, -0.1) is 0 Å². The molecule has 0 bridgehead atoms. The van der Waals surface area contributed by atoms with Crippen LogP contribution in [0, 0.1) is 11.6 Å². The molecule has 4 nitrogen and oxygen atoms in total. The maximum Gasteiger partial charge on any atom is 0.174 e. The van der Waals surface area contributed by atoms with Gasteiger partial charge in [-0.2, -0.15) is 0 Å². The molecular weight excluding hydrogens is 496 g/mol. The summed E-state index contributed by atoms with van der Waals surface area (Å²) < 4.78 is 34.0. The van der Waals surface area contributed by atoms with Crippen LogP contribution in [0.3, 0.4) is 0 Å². The summed E-state index contributed by atoms with van der Waals surface area (Å²) in [5, 5.41) is 3.82. The third-order valence-corrected chi connectivity index (χ3v) is 6.29. The minimum atomic E-state index is -0.365. The molecule has 4 aromatic rings. The molecule has 0 amide bonds. The minimum Gasteiger partial charge on any atom is -0.459 e. The number of hydrogen-bond donors (Lipinski definition) is 1. The summed E-state index contributed by atoms with van der Waals surface area (Å²) in [6.45, 7) is 0. The van der Waals surface area contributed by atoms with Crippen LogP contribution >= 0.6 is 28.1 Å². The van der Waals surface area contributed by atoms with Crippen LogP contribution in [0.15, 0.2) is 87.9 Å². The van der Waals surface area contributed by atoms with E-state index in [-0.39, 0.29) is 23.7 Å². The van der Waals surface area contributed by atoms with Crippen LogP contribution in [-0.4, -0.2) is 10.1 Å². The lowest BCUT2D eigenvalue weighted by atomic mass is 10.0. The molecule has 1 N–H and O–H groups in total. The molecule has 0 spiro atoms. The van der Waals surface area contributed by atoms with E-state index in [0.29, 0.717) is 21.1 Å². The highest BCUT2D eigenvalue weighted by molar-refractivity contribution is 9.10. The summed E-state index contributed by atoms with van der Waals surface area (Å²) in [6.07, 6.45) is 1.72. The summed E-state index contributed by atoms with van der Waals surface area (Å²) in [5.74, 6) is 0.564. The van der Waals surface area contributed by atoms with Crippen LogP contribution in [0.2, 0.25) is 0 Å². The molecule has 3 heterocycles. The molecule has 2 atom stereocenters. The molecule has 5 rings (SSSR count). The summed E-state index contributed by atoms with van der Waals surface area (Å²) in [4.78, 5) is 6.40. The Morgan fingerprint density at radius 3 is 2.47 bits per heavy atom. The molecule has 0 radical (unpaired) electrons. The third kappa shape index (κ3) is 3.80. The van der Waals surface area contributed by atoms with E-state index in [1.54, 1.807) is 24.4 Å². The van der Waals surface area contributed by atoms with Crippen molar-refractivity contribution in [3.05, 3.63) is 107 Å². The van der Waals surface area contributed by atoms with E-state index in [1.807, 2.05) is 35.2 Å². The zero-order valence-corrected chi connectivity index (χ0v) is 18.9. The van der Waals surface area contributed by atoms with E-state index in [2.05, 4.69) is 26.2 Å². The van der Waals surface area contributed by atoms with Gasteiger partial charge < -0.3 is 14.6 Å². The van der Waals surface area contributed by atoms with E-state index in [0.717, 1.165) is 16.9 Å². The first-order valence-electron chi connectivity index (χ1n) is 9.82. The first-order valence-corrected chi connectivity index (χ1v) is 11.0. The van der Waals surface area contributed by atoms with Crippen molar-refractivity contribution in [1.29, 1.82) is 0 Å². The maximum atomic E-state index is 13.6. The van der Waals surface area contributed by atoms with Gasteiger partial charge in [0.25, 0.3) is 0 Å². The lowest BCUT2D eigenvalue weighted by Crippen LogP contribution is -2.29. The first-order chi connectivity index (χ1) is 15.5. The van der Waals surface area contributed by atoms with E-state index in [1.165, 1.54) is 24.3 Å². The van der Waals surface area contributed by atoms with Gasteiger partial charge in [0.1, 0.15) is 29.2 Å². The lowest BCUT2D eigenvalue weighted by molar-refractivity contribution is 0.439. The first kappa shape index (κ1) is 20.8. The van der Waals surface area contributed by atoms with Crippen LogP contribution in [0.4, 0.5) is 14.5 Å². The van der Waals surface area contributed by atoms with Crippen molar-refractivity contribution in [3.63, 3.8) is 0 Å². The number of benzene rings is 2. The lowest BCUT2D eigenvalue weighted by Gasteiger charge is -2.26. The Labute approximate surface area is 197 Å². The van der Waals surface area contributed by atoms with Crippen LogP contribution in [-0.2, 0) is 0 Å². The number of nitrogens with zero attached hydrogens (tertiary/aromatic N) is 2. The van der Waals surface area contributed by atoms with E-state index >= 15 is 0 Å². The number of thiocarbonyl (C=S) groups is 1. The number of aromatic nitrogens is 1. The Hall–Kier alpha value is -3.10. The van der Waals surface area contributed by atoms with Gasteiger partial charge in [-0.25, -0.2) is 8.78 Å². The van der Waals surface area contributed by atoms with Crippen LogP contribution in [0.5, 0.6) is 0 Å². The monoisotopic (exact) mass is 511 g/mol. The second-order valence-electron chi connectivity index (χ2n) is 7.30. The Balaban J connectivity index is 1.60. The van der Waals surface area contributed by atoms with Crippen LogP contribution in [0.25, 0.3) is 11.3 Å². The topological polar surface area (TPSA) is 41.3 Å². The van der Waals surface area contributed by atoms with Gasteiger partial charge in [-0.1, -0.05) is 6.07 Å². The van der Waals surface area contributed by atoms with Gasteiger partial charge in [0.05, 0.1) is 11.7 Å². The van der Waals surface area contributed by atoms with Crippen molar-refractivity contribution < 1.29 is 13.2 Å². The zero-order valence-electron chi connectivity index (χ0n) is 16.5. The zero-order chi connectivity index (χ0) is 22.2. The second kappa shape index (κ2) is 8.44. The molecule has 1 aliphatic rings. The van der Waals surface area contributed by atoms with Gasteiger partial charge in [0, 0.05) is 21.9 Å². The molecule has 0 aliphatic carbocycles. The van der Waals surface area contributed by atoms with Gasteiger partial charge in [0.15, 0.2) is 5.11 Å². The standard InChI is InChI=1S/C24H16BrF2N3OS/c25-18-13-15(27)6-9-17(18)20-10-11-21(31-20)23-22(19-3-1-2-12-28-19)29-24(32)30(23)16-7-4-14(26)5-8-16/h1-13,22-23H,(H,29,32)/t22-,23-/m1/s1. The second-order valence-corrected chi connectivity index (χ2v) is 8.54. The fourth-order valence-electron chi connectivity index (χ4n) is 3.87. The molecule has 2 aromatic carbocycles. The summed E-state index contributed by atoms with van der Waals surface area (Å²) in [7, 11) is 0. The Kier molecular flexibility index (Phi) is 5.48. The highest BCUT2D eigenvalue weighted by Crippen LogP contribution is 2.43. The summed E-state index contributed by atoms with van der Waals surface area (Å²) in [5.41, 5.74) is 2.26. The van der Waals surface area contributed by atoms with E-state index in [9.17, 15) is 8.78 Å². The smallest absolute Gasteiger partial charge is 0.174 e. The van der Waals surface area contributed by atoms with Crippen molar-refractivity contribution >= 4 is 38.9 Å². The number of nitrogens with one attached hydrogen (secondary N) is 1. The number of anilines is 1. The highest BCUT2D eigenvalue weighted by atomic mass is 79.9. The van der Waals surface area contributed by atoms with Gasteiger partial charge >= 0.3 is 0 Å². The van der Waals surface area contributed by atoms with E-state index in [4.69, 9.17) is 16.6 Å². The number of hydrogen-bond acceptors (Lipinski definition) is 3. The van der Waals surface area contributed by atoms with Crippen LogP contribution in [0.1, 0.15) is 23.5 Å². The molecule has 1 saturated heterocycles. The Morgan fingerprint density at radius 2 is 1.75 bits per heavy atom. The van der Waals surface area contributed by atoms with Gasteiger partial charge in [0.2, 0.25) is 0 Å². The quantitative estimate of drug-likeness (QED) is 0.314. The average Bonchev–Trinajstić information content (AvgIpc) is 3.39. The number of furan rings is 1. The SMILES string of the molecule is Fc1ccc(N2C(=S)N[C@H](c3ccccn3)[C@H]2c2ccc(-c3ccc(F)cc3Br)o2)cc1. The van der Waals surface area contributed by atoms with Crippen molar-refractivity contribution in [3.8, 4) is 11.3 Å². The fraction of sp³-hybridized carbons (Fsp3) is 0.0833. The minimum absolute atomic E-state index is 0.288. The summed E-state index contributed by atoms with van der Waals surface area (Å²) in [6, 6.07) is 19.3. The fourth-order valence-corrected chi connectivity index (χ4v) is 4.76. The molecule has 1 fully saturated rings. The molecule has 8 heteroatoms. The van der Waals surface area contributed by atoms with E-state index < -0.39 is 0 Å². The molecule has 2 aromatic heterocycles. The predicted octanol–water partition coefficient (Wildman–Crippen LogP) is 6.56. The Bertz CT molecular complexity index is 1280. The van der Waals surface area contributed by atoms with Gasteiger partial charge in [-0.05, 0) is 94.9 Å². The molecular formula is C24H16BrF2N3OS. The third-order valence-electron chi connectivity index (χ3n) is 5.32. The summed E-state index contributed by atoms with van der Waals surface area (Å²) >= 11 is 9.05. The number of pyridine rings is 1. The normalized spacial score (nSPS) is 18.1. The molecule has 0 saturated carbocycles. The maximum absolute atomic E-state index is 13.6. The Morgan fingerprint density at radius 1 is 0.969 bits per heavy atom. The molecule has 32 heavy (non-hydrogen) atoms. The molecule has 160 valence electrons. The molecule has 1 aliphatic heterocycles. The van der Waals surface area contributed by atoms with Gasteiger partial charge in [-0.3, -0.25) is 4.98 Å². The predicted molar refractivity (Wildman–Crippen MR) is 126 cm³/mol. The van der Waals surface area contributed by atoms with Crippen LogP contribution < -0.4 is 10.2 Å². The van der Waals surface area contributed by atoms with Crippen molar-refractivity contribution in [2.75, 3.05) is 4.90 Å².